The zero-order chi connectivity index (χ0) is 11.2. The van der Waals surface area contributed by atoms with Crippen LogP contribution in [0.15, 0.2) is 23.6 Å². The Morgan fingerprint density at radius 1 is 1.29 bits per heavy atom. The van der Waals surface area contributed by atoms with Gasteiger partial charge in [-0.1, -0.05) is 11.3 Å². The second-order valence-corrected chi connectivity index (χ2v) is 5.14. The van der Waals surface area contributed by atoms with Gasteiger partial charge in [-0.15, -0.1) is 0 Å². The fourth-order valence-corrected chi connectivity index (χ4v) is 3.47. The molecule has 0 saturated heterocycles. The van der Waals surface area contributed by atoms with Crippen LogP contribution in [0.2, 0.25) is 0 Å². The second-order valence-electron chi connectivity index (χ2n) is 4.16. The minimum atomic E-state index is 0.933. The quantitative estimate of drug-likeness (QED) is 0.655. The number of hydrogen-bond acceptors (Lipinski definition) is 4. The fraction of sp³-hybridized carbons (Fsp3) is 0.250. The van der Waals surface area contributed by atoms with E-state index in [1.807, 2.05) is 12.3 Å². The highest BCUT2D eigenvalue weighted by Crippen LogP contribution is 2.32. The molecule has 84 valence electrons. The van der Waals surface area contributed by atoms with Crippen molar-refractivity contribution in [1.29, 1.82) is 0 Å². The molecule has 1 aromatic heterocycles. The summed E-state index contributed by atoms with van der Waals surface area (Å²) in [6.07, 6.45) is 5.80. The van der Waals surface area contributed by atoms with E-state index in [2.05, 4.69) is 19.9 Å². The molecule has 4 rings (SSSR count). The fourth-order valence-electron chi connectivity index (χ4n) is 2.39. The summed E-state index contributed by atoms with van der Waals surface area (Å²) in [5.41, 5.74) is 4.65. The monoisotopic (exact) mass is 242 g/mol. The standard InChI is InChI=1S/C12H10N4S/c1-2-7-10-9-8(3-5-13-10)15-6-16-12(9)17-11(7)14-4-1/h3,5-6,13H,1-2,4H2. The van der Waals surface area contributed by atoms with E-state index >= 15 is 0 Å². The van der Waals surface area contributed by atoms with E-state index in [0.717, 1.165) is 45.7 Å². The molecule has 3 aliphatic heterocycles. The molecule has 4 nitrogen and oxygen atoms in total. The average Bonchev–Trinajstić information content (AvgIpc) is 2.39. The van der Waals surface area contributed by atoms with E-state index in [9.17, 15) is 0 Å². The molecular weight excluding hydrogens is 232 g/mol. The Morgan fingerprint density at radius 2 is 2.29 bits per heavy atom. The van der Waals surface area contributed by atoms with Crippen molar-refractivity contribution >= 4 is 21.7 Å². The highest BCUT2D eigenvalue weighted by molar-refractivity contribution is 7.15. The highest BCUT2D eigenvalue weighted by Gasteiger charge is 2.19. The molecule has 4 heterocycles. The molecule has 3 aliphatic rings. The van der Waals surface area contributed by atoms with E-state index in [0.29, 0.717) is 0 Å². The molecule has 0 spiro atoms. The average molecular weight is 242 g/mol. The Hall–Kier alpha value is -1.75. The number of nitrogens with one attached hydrogen (secondary N) is 1. The molecule has 0 saturated carbocycles. The number of pyridine rings is 1. The van der Waals surface area contributed by atoms with Gasteiger partial charge in [0, 0.05) is 18.3 Å². The minimum absolute atomic E-state index is 0.933. The number of fused-ring (bicyclic) bond motifs is 2. The van der Waals surface area contributed by atoms with Crippen LogP contribution in [0.1, 0.15) is 12.0 Å². The number of hydrogen-bond donors (Lipinski definition) is 1. The largest absolute Gasteiger partial charge is 0.361 e. The Labute approximate surface area is 101 Å². The molecule has 17 heavy (non-hydrogen) atoms. The molecule has 0 amide bonds. The molecule has 0 atom stereocenters. The molecule has 0 aromatic carbocycles. The third-order valence-corrected chi connectivity index (χ3v) is 4.23. The smallest absolute Gasteiger partial charge is 0.131 e. The molecule has 0 radical (unpaired) electrons. The van der Waals surface area contributed by atoms with Gasteiger partial charge in [-0.2, -0.15) is 0 Å². The lowest BCUT2D eigenvalue weighted by Gasteiger charge is -2.16. The van der Waals surface area contributed by atoms with Crippen LogP contribution in [-0.2, 0) is 6.42 Å². The van der Waals surface area contributed by atoms with Gasteiger partial charge in [0.25, 0.3) is 0 Å². The number of aromatic nitrogens is 3. The van der Waals surface area contributed by atoms with E-state index in [1.165, 1.54) is 5.56 Å². The maximum atomic E-state index is 4.60. The molecule has 0 bridgehead atoms. The topological polar surface area (TPSA) is 53.9 Å². The van der Waals surface area contributed by atoms with Gasteiger partial charge in [-0.3, -0.25) is 4.99 Å². The first-order valence-corrected chi connectivity index (χ1v) is 6.49. The van der Waals surface area contributed by atoms with Gasteiger partial charge in [-0.05, 0) is 18.9 Å². The third-order valence-electron chi connectivity index (χ3n) is 3.15. The lowest BCUT2D eigenvalue weighted by atomic mass is 10.0. The summed E-state index contributed by atoms with van der Waals surface area (Å²) in [5.74, 6) is 0. The van der Waals surface area contributed by atoms with Gasteiger partial charge in [0.1, 0.15) is 15.8 Å². The third kappa shape index (κ3) is 1.26. The maximum Gasteiger partial charge on any atom is 0.131 e. The zero-order valence-electron chi connectivity index (χ0n) is 9.10. The van der Waals surface area contributed by atoms with Crippen LogP contribution in [0, 0.1) is 0 Å². The van der Waals surface area contributed by atoms with E-state index in [-0.39, 0.29) is 0 Å². The Kier molecular flexibility index (Phi) is 1.84. The summed E-state index contributed by atoms with van der Waals surface area (Å²) in [6.45, 7) is 0.933. The van der Waals surface area contributed by atoms with Gasteiger partial charge in [0.15, 0.2) is 0 Å². The van der Waals surface area contributed by atoms with E-state index in [4.69, 9.17) is 0 Å². The molecule has 1 aromatic rings. The first-order valence-electron chi connectivity index (χ1n) is 5.68. The van der Waals surface area contributed by atoms with Gasteiger partial charge in [-0.25, -0.2) is 9.97 Å². The summed E-state index contributed by atoms with van der Waals surface area (Å²) in [7, 11) is 0. The molecule has 5 heteroatoms. The van der Waals surface area contributed by atoms with Crippen molar-refractivity contribution in [2.45, 2.75) is 12.8 Å². The number of aromatic amines is 1. The summed E-state index contributed by atoms with van der Waals surface area (Å²) in [4.78, 5) is 17.7. The van der Waals surface area contributed by atoms with Crippen molar-refractivity contribution < 1.29 is 0 Å². The number of H-pyrrole nitrogens is 1. The first-order chi connectivity index (χ1) is 8.43. The van der Waals surface area contributed by atoms with Crippen molar-refractivity contribution in [3.63, 3.8) is 0 Å². The Balaban J connectivity index is 2.28. The van der Waals surface area contributed by atoms with Crippen LogP contribution < -0.4 is 4.67 Å². The van der Waals surface area contributed by atoms with Crippen LogP contribution in [0.3, 0.4) is 0 Å². The summed E-state index contributed by atoms with van der Waals surface area (Å²) in [5, 5.41) is 0. The summed E-state index contributed by atoms with van der Waals surface area (Å²) >= 11 is 1.68. The Morgan fingerprint density at radius 3 is 3.29 bits per heavy atom. The van der Waals surface area contributed by atoms with Crippen LogP contribution in [0.4, 0.5) is 0 Å². The number of rotatable bonds is 0. The predicted octanol–water partition coefficient (Wildman–Crippen LogP) is 1.97. The number of nitrogens with zero attached hydrogens (tertiary/aromatic N) is 3. The molecule has 0 aliphatic carbocycles. The van der Waals surface area contributed by atoms with Crippen LogP contribution >= 0.6 is 11.3 Å². The van der Waals surface area contributed by atoms with Crippen molar-refractivity contribution in [3.8, 4) is 11.3 Å². The van der Waals surface area contributed by atoms with Crippen molar-refractivity contribution in [1.82, 2.24) is 15.0 Å². The van der Waals surface area contributed by atoms with Gasteiger partial charge in [0.05, 0.1) is 16.8 Å². The van der Waals surface area contributed by atoms with Gasteiger partial charge >= 0.3 is 0 Å². The first kappa shape index (κ1) is 9.30. The lowest BCUT2D eigenvalue weighted by molar-refractivity contribution is 0.777. The van der Waals surface area contributed by atoms with Crippen molar-refractivity contribution in [3.05, 3.63) is 28.8 Å². The molecule has 0 unspecified atom stereocenters. The molecular formula is C12H10N4S. The normalized spacial score (nSPS) is 14.8. The van der Waals surface area contributed by atoms with Gasteiger partial charge < -0.3 is 4.98 Å². The minimum Gasteiger partial charge on any atom is -0.361 e. The SMILES string of the molecule is c1nc2cc[nH]c3c4c(sc(n1)c2-3)=NCCC4. The van der Waals surface area contributed by atoms with Crippen LogP contribution in [0.25, 0.3) is 21.6 Å². The predicted molar refractivity (Wildman–Crippen MR) is 67.1 cm³/mol. The lowest BCUT2D eigenvalue weighted by Crippen LogP contribution is -2.17. The molecule has 0 fully saturated rings. The van der Waals surface area contributed by atoms with Crippen LogP contribution in [0.5, 0.6) is 0 Å². The summed E-state index contributed by atoms with van der Waals surface area (Å²) < 4.78 is 1.13. The van der Waals surface area contributed by atoms with E-state index < -0.39 is 0 Å². The second kappa shape index (κ2) is 3.37. The van der Waals surface area contributed by atoms with E-state index in [1.54, 1.807) is 17.7 Å². The molecule has 1 N–H and O–H groups in total. The highest BCUT2D eigenvalue weighted by atomic mass is 32.1. The van der Waals surface area contributed by atoms with Crippen molar-refractivity contribution in [2.75, 3.05) is 6.54 Å². The van der Waals surface area contributed by atoms with Crippen LogP contribution in [-0.4, -0.2) is 21.5 Å². The zero-order valence-corrected chi connectivity index (χ0v) is 9.92. The van der Waals surface area contributed by atoms with Gasteiger partial charge in [0.2, 0.25) is 0 Å². The van der Waals surface area contributed by atoms with Crippen molar-refractivity contribution in [2.24, 2.45) is 4.99 Å². The summed E-state index contributed by atoms with van der Waals surface area (Å²) in [6, 6.07) is 2.00. The maximum absolute atomic E-state index is 4.60. The Bertz CT molecular complexity index is 740.